The lowest BCUT2D eigenvalue weighted by Crippen LogP contribution is -2.50. The van der Waals surface area contributed by atoms with Gasteiger partial charge in [0, 0.05) is 25.8 Å². The van der Waals surface area contributed by atoms with E-state index in [0.717, 1.165) is 4.68 Å². The number of aryl methyl sites for hydroxylation is 1. The summed E-state index contributed by atoms with van der Waals surface area (Å²) in [5.41, 5.74) is 4.51. The standard InChI is InChI=1S/C22H21F5N8O3/c1-20(18(36)30-10-4-8-38-9-10)12-14(28)31-16(32-15(12)33-19(20)37)13-11-3-2-6-29-17(11)35(34-13)7-5-21(23,24)22(25,26)27/h2-3,6,10H,4-5,7-9H2,1H3,(H,30,36)(H3,28,31,32,33,37). The predicted molar refractivity (Wildman–Crippen MR) is 122 cm³/mol. The van der Waals surface area contributed by atoms with Crippen molar-refractivity contribution in [3.63, 3.8) is 0 Å². The van der Waals surface area contributed by atoms with Gasteiger partial charge in [-0.2, -0.15) is 27.1 Å². The van der Waals surface area contributed by atoms with E-state index in [1.54, 1.807) is 0 Å². The highest BCUT2D eigenvalue weighted by Gasteiger charge is 2.57. The highest BCUT2D eigenvalue weighted by Crippen LogP contribution is 2.42. The summed E-state index contributed by atoms with van der Waals surface area (Å²) in [5.74, 6) is -6.64. The van der Waals surface area contributed by atoms with Gasteiger partial charge in [-0.15, -0.1) is 0 Å². The summed E-state index contributed by atoms with van der Waals surface area (Å²) in [6.07, 6.45) is -5.37. The molecular formula is C22H21F5N8O3. The van der Waals surface area contributed by atoms with Crippen LogP contribution in [0.15, 0.2) is 18.3 Å². The Kier molecular flexibility index (Phi) is 5.96. The molecule has 0 radical (unpaired) electrons. The van der Waals surface area contributed by atoms with E-state index in [9.17, 15) is 31.5 Å². The topological polar surface area (TPSA) is 150 Å². The normalized spacial score (nSPS) is 21.5. The van der Waals surface area contributed by atoms with E-state index in [2.05, 4.69) is 30.7 Å². The summed E-state index contributed by atoms with van der Waals surface area (Å²) in [7, 11) is 0. The van der Waals surface area contributed by atoms with Crippen molar-refractivity contribution in [1.29, 1.82) is 0 Å². The van der Waals surface area contributed by atoms with E-state index in [4.69, 9.17) is 10.5 Å². The third-order valence-corrected chi connectivity index (χ3v) is 6.61. The number of hydrogen-bond donors (Lipinski definition) is 3. The first-order chi connectivity index (χ1) is 17.8. The zero-order chi connectivity index (χ0) is 27.5. The maximum Gasteiger partial charge on any atom is 0.453 e. The highest BCUT2D eigenvalue weighted by atomic mass is 19.4. The Balaban J connectivity index is 1.51. The number of amides is 2. The van der Waals surface area contributed by atoms with Crippen molar-refractivity contribution in [1.82, 2.24) is 30.0 Å². The smallest absolute Gasteiger partial charge is 0.383 e. The molecule has 3 aromatic heterocycles. The molecule has 11 nitrogen and oxygen atoms in total. The minimum atomic E-state index is -5.72. The van der Waals surface area contributed by atoms with Crippen LogP contribution in [0.1, 0.15) is 25.3 Å². The van der Waals surface area contributed by atoms with E-state index in [1.807, 2.05) is 0 Å². The van der Waals surface area contributed by atoms with E-state index in [-0.39, 0.29) is 45.8 Å². The number of nitrogens with two attached hydrogens (primary N) is 1. The van der Waals surface area contributed by atoms with Gasteiger partial charge in [-0.05, 0) is 25.5 Å². The molecule has 0 aliphatic carbocycles. The number of ether oxygens (including phenoxy) is 1. The lowest BCUT2D eigenvalue weighted by atomic mass is 9.83. The minimum Gasteiger partial charge on any atom is -0.383 e. The maximum absolute atomic E-state index is 13.5. The fourth-order valence-corrected chi connectivity index (χ4v) is 4.43. The van der Waals surface area contributed by atoms with Crippen molar-refractivity contribution < 1.29 is 36.3 Å². The average Bonchev–Trinajstić information content (AvgIpc) is 3.55. The van der Waals surface area contributed by atoms with Gasteiger partial charge in [-0.25, -0.2) is 19.6 Å². The first-order valence-electron chi connectivity index (χ1n) is 11.5. The third-order valence-electron chi connectivity index (χ3n) is 6.61. The molecule has 5 heterocycles. The first kappa shape index (κ1) is 25.7. The SMILES string of the molecule is CC1(C(=O)NC2CCOC2)C(=O)Nc2nc(-c3nn(CCC(F)(F)C(F)(F)F)c4ncccc34)nc(N)c21. The van der Waals surface area contributed by atoms with Crippen molar-refractivity contribution in [2.45, 2.75) is 49.9 Å². The molecule has 2 amide bonds. The van der Waals surface area contributed by atoms with Gasteiger partial charge in [-0.3, -0.25) is 9.59 Å². The van der Waals surface area contributed by atoms with Crippen LogP contribution in [-0.2, 0) is 26.3 Å². The van der Waals surface area contributed by atoms with Gasteiger partial charge in [0.15, 0.2) is 16.9 Å². The summed E-state index contributed by atoms with van der Waals surface area (Å²) in [5, 5.41) is 9.69. The zero-order valence-corrected chi connectivity index (χ0v) is 19.8. The second kappa shape index (κ2) is 8.82. The van der Waals surface area contributed by atoms with Crippen LogP contribution in [0.4, 0.5) is 33.6 Å². The number of alkyl halides is 5. The molecule has 16 heteroatoms. The second-order valence-corrected chi connectivity index (χ2v) is 9.17. The number of carbonyl (C=O) groups excluding carboxylic acids is 2. The number of nitrogen functional groups attached to an aromatic ring is 1. The molecule has 0 aromatic carbocycles. The van der Waals surface area contributed by atoms with Crippen molar-refractivity contribution >= 4 is 34.5 Å². The maximum atomic E-state index is 13.5. The van der Waals surface area contributed by atoms with Crippen LogP contribution < -0.4 is 16.4 Å². The molecule has 202 valence electrons. The van der Waals surface area contributed by atoms with Crippen molar-refractivity contribution in [2.24, 2.45) is 0 Å². The molecule has 0 spiro atoms. The second-order valence-electron chi connectivity index (χ2n) is 9.17. The number of pyridine rings is 1. The molecule has 4 N–H and O–H groups in total. The molecule has 0 saturated carbocycles. The number of aromatic nitrogens is 5. The molecule has 2 aliphatic rings. The van der Waals surface area contributed by atoms with Gasteiger partial charge in [0.05, 0.1) is 23.6 Å². The Bertz CT molecular complexity index is 1440. The lowest BCUT2D eigenvalue weighted by molar-refractivity contribution is -0.285. The lowest BCUT2D eigenvalue weighted by Gasteiger charge is -2.23. The summed E-state index contributed by atoms with van der Waals surface area (Å²) in [6.45, 7) is 1.36. The van der Waals surface area contributed by atoms with Gasteiger partial charge >= 0.3 is 12.1 Å². The number of hydrogen-bond acceptors (Lipinski definition) is 8. The van der Waals surface area contributed by atoms with E-state index in [1.165, 1.54) is 25.3 Å². The number of carbonyl (C=O) groups is 2. The number of nitrogens with zero attached hydrogens (tertiary/aromatic N) is 5. The quantitative estimate of drug-likeness (QED) is 0.318. The Hall–Kier alpha value is -3.95. The largest absolute Gasteiger partial charge is 0.453 e. The van der Waals surface area contributed by atoms with Crippen LogP contribution in [0.2, 0.25) is 0 Å². The molecule has 0 bridgehead atoms. The van der Waals surface area contributed by atoms with Gasteiger partial charge in [0.2, 0.25) is 11.8 Å². The summed E-state index contributed by atoms with van der Waals surface area (Å²) < 4.78 is 71.2. The molecular weight excluding hydrogens is 519 g/mol. The molecule has 2 aliphatic heterocycles. The van der Waals surface area contributed by atoms with Crippen LogP contribution in [0.3, 0.4) is 0 Å². The van der Waals surface area contributed by atoms with E-state index >= 15 is 0 Å². The van der Waals surface area contributed by atoms with E-state index < -0.39 is 42.3 Å². The average molecular weight is 540 g/mol. The number of rotatable bonds is 6. The first-order valence-corrected chi connectivity index (χ1v) is 11.5. The van der Waals surface area contributed by atoms with Crippen LogP contribution in [-0.4, -0.2) is 67.9 Å². The van der Waals surface area contributed by atoms with Gasteiger partial charge in [0.1, 0.15) is 17.3 Å². The molecule has 38 heavy (non-hydrogen) atoms. The minimum absolute atomic E-state index is 0.00617. The Labute approximate surface area is 211 Å². The number of fused-ring (bicyclic) bond motifs is 2. The summed E-state index contributed by atoms with van der Waals surface area (Å²) in [6, 6.07) is 2.75. The molecule has 2 atom stereocenters. The number of halogens is 5. The molecule has 2 unspecified atom stereocenters. The van der Waals surface area contributed by atoms with Crippen LogP contribution in [0.25, 0.3) is 22.6 Å². The van der Waals surface area contributed by atoms with Crippen LogP contribution in [0.5, 0.6) is 0 Å². The summed E-state index contributed by atoms with van der Waals surface area (Å²) in [4.78, 5) is 38.6. The summed E-state index contributed by atoms with van der Waals surface area (Å²) >= 11 is 0. The molecule has 1 saturated heterocycles. The third kappa shape index (κ3) is 4.08. The Morgan fingerprint density at radius 2 is 2.08 bits per heavy atom. The molecule has 3 aromatic rings. The Morgan fingerprint density at radius 3 is 2.76 bits per heavy atom. The predicted octanol–water partition coefficient (Wildman–Crippen LogP) is 2.17. The van der Waals surface area contributed by atoms with Crippen molar-refractivity contribution in [2.75, 3.05) is 24.3 Å². The molecule has 1 fully saturated rings. The fraction of sp³-hybridized carbons (Fsp3) is 0.455. The van der Waals surface area contributed by atoms with Crippen LogP contribution >= 0.6 is 0 Å². The monoisotopic (exact) mass is 540 g/mol. The van der Waals surface area contributed by atoms with Crippen LogP contribution in [0, 0.1) is 0 Å². The van der Waals surface area contributed by atoms with Crippen molar-refractivity contribution in [3.8, 4) is 11.5 Å². The zero-order valence-electron chi connectivity index (χ0n) is 19.8. The number of anilines is 2. The van der Waals surface area contributed by atoms with E-state index in [0.29, 0.717) is 19.6 Å². The fourth-order valence-electron chi connectivity index (χ4n) is 4.43. The van der Waals surface area contributed by atoms with Gasteiger partial charge < -0.3 is 21.1 Å². The number of nitrogens with one attached hydrogen (secondary N) is 2. The van der Waals surface area contributed by atoms with Gasteiger partial charge in [0.25, 0.3) is 0 Å². The van der Waals surface area contributed by atoms with Crippen molar-refractivity contribution in [3.05, 3.63) is 23.9 Å². The Morgan fingerprint density at radius 1 is 1.32 bits per heavy atom. The highest BCUT2D eigenvalue weighted by molar-refractivity contribution is 6.21. The van der Waals surface area contributed by atoms with Gasteiger partial charge in [-0.1, -0.05) is 0 Å². The molecule has 5 rings (SSSR count).